The molecular weight excluding hydrogens is 227 g/mol. The van der Waals surface area contributed by atoms with Crippen LogP contribution in [-0.4, -0.2) is 24.5 Å². The van der Waals surface area contributed by atoms with Gasteiger partial charge in [-0.2, -0.15) is 0 Å². The van der Waals surface area contributed by atoms with Gasteiger partial charge in [0.05, 0.1) is 0 Å². The van der Waals surface area contributed by atoms with Crippen molar-refractivity contribution in [3.05, 3.63) is 35.1 Å². The standard InChI is InChI=1S/C15H23FN2/c1-3-18-8-4-5-12(10-17)15(18)14-9-13(16)7-6-11(14)2/h6-7,9,12,15H,3-5,8,10,17H2,1-2H3. The number of rotatable bonds is 3. The van der Waals surface area contributed by atoms with E-state index in [2.05, 4.69) is 18.7 Å². The van der Waals surface area contributed by atoms with Gasteiger partial charge in [-0.05, 0) is 68.6 Å². The van der Waals surface area contributed by atoms with Crippen molar-refractivity contribution in [2.75, 3.05) is 19.6 Å². The summed E-state index contributed by atoms with van der Waals surface area (Å²) in [5.74, 6) is 0.298. The van der Waals surface area contributed by atoms with Crippen molar-refractivity contribution in [3.63, 3.8) is 0 Å². The molecule has 2 nitrogen and oxygen atoms in total. The summed E-state index contributed by atoms with van der Waals surface area (Å²) in [5.41, 5.74) is 8.20. The van der Waals surface area contributed by atoms with Crippen LogP contribution < -0.4 is 5.73 Å². The third-order valence-electron chi connectivity index (χ3n) is 4.13. The fourth-order valence-corrected chi connectivity index (χ4v) is 3.13. The fourth-order valence-electron chi connectivity index (χ4n) is 3.13. The lowest BCUT2D eigenvalue weighted by Gasteiger charge is -2.41. The highest BCUT2D eigenvalue weighted by Gasteiger charge is 2.31. The third-order valence-corrected chi connectivity index (χ3v) is 4.13. The minimum absolute atomic E-state index is 0.145. The zero-order valence-electron chi connectivity index (χ0n) is 11.3. The maximum atomic E-state index is 13.5. The normalized spacial score (nSPS) is 25.3. The Kier molecular flexibility index (Phi) is 4.36. The average molecular weight is 250 g/mol. The Balaban J connectivity index is 2.38. The molecule has 0 aromatic heterocycles. The number of benzene rings is 1. The number of halogens is 1. The van der Waals surface area contributed by atoms with E-state index in [0.29, 0.717) is 12.5 Å². The topological polar surface area (TPSA) is 29.3 Å². The monoisotopic (exact) mass is 250 g/mol. The Hall–Kier alpha value is -0.930. The van der Waals surface area contributed by atoms with Gasteiger partial charge >= 0.3 is 0 Å². The highest BCUT2D eigenvalue weighted by molar-refractivity contribution is 5.30. The van der Waals surface area contributed by atoms with E-state index in [0.717, 1.165) is 25.1 Å². The Morgan fingerprint density at radius 2 is 2.22 bits per heavy atom. The van der Waals surface area contributed by atoms with Crippen LogP contribution in [0.5, 0.6) is 0 Å². The first kappa shape index (κ1) is 13.5. The molecule has 0 spiro atoms. The van der Waals surface area contributed by atoms with Gasteiger partial charge in [-0.1, -0.05) is 13.0 Å². The summed E-state index contributed by atoms with van der Waals surface area (Å²) in [5, 5.41) is 0. The third kappa shape index (κ3) is 2.57. The summed E-state index contributed by atoms with van der Waals surface area (Å²) in [6, 6.07) is 5.39. The Morgan fingerprint density at radius 1 is 1.44 bits per heavy atom. The number of aryl methyl sites for hydroxylation is 1. The molecule has 1 heterocycles. The molecule has 100 valence electrons. The maximum absolute atomic E-state index is 13.5. The second-order valence-electron chi connectivity index (χ2n) is 5.21. The molecule has 2 N–H and O–H groups in total. The second-order valence-corrected chi connectivity index (χ2v) is 5.21. The van der Waals surface area contributed by atoms with Crippen molar-refractivity contribution < 1.29 is 4.39 Å². The Labute approximate surface area is 109 Å². The van der Waals surface area contributed by atoms with E-state index < -0.39 is 0 Å². The SMILES string of the molecule is CCN1CCCC(CN)C1c1cc(F)ccc1C. The first-order chi connectivity index (χ1) is 8.67. The molecule has 0 aliphatic carbocycles. The smallest absolute Gasteiger partial charge is 0.123 e. The Bertz CT molecular complexity index is 393. The zero-order valence-corrected chi connectivity index (χ0v) is 11.3. The molecule has 0 saturated carbocycles. The highest BCUT2D eigenvalue weighted by Crippen LogP contribution is 2.36. The summed E-state index contributed by atoms with van der Waals surface area (Å²) in [7, 11) is 0. The maximum Gasteiger partial charge on any atom is 0.123 e. The molecule has 0 amide bonds. The van der Waals surface area contributed by atoms with Crippen LogP contribution in [0.4, 0.5) is 4.39 Å². The highest BCUT2D eigenvalue weighted by atomic mass is 19.1. The van der Waals surface area contributed by atoms with E-state index in [1.807, 2.05) is 6.07 Å². The molecule has 2 atom stereocenters. The number of nitrogens with zero attached hydrogens (tertiary/aromatic N) is 1. The summed E-state index contributed by atoms with van der Waals surface area (Å²) >= 11 is 0. The largest absolute Gasteiger partial charge is 0.330 e. The minimum atomic E-state index is -0.145. The molecule has 1 aliphatic heterocycles. The summed E-state index contributed by atoms with van der Waals surface area (Å²) in [6.45, 7) is 6.99. The molecule has 1 aromatic rings. The van der Waals surface area contributed by atoms with E-state index in [1.54, 1.807) is 6.07 Å². The van der Waals surface area contributed by atoms with Gasteiger partial charge < -0.3 is 5.73 Å². The summed E-state index contributed by atoms with van der Waals surface area (Å²) < 4.78 is 13.5. The Morgan fingerprint density at radius 3 is 2.89 bits per heavy atom. The quantitative estimate of drug-likeness (QED) is 0.893. The predicted octanol–water partition coefficient (Wildman–Crippen LogP) is 2.87. The number of likely N-dealkylation sites (tertiary alicyclic amines) is 1. The molecule has 1 aliphatic rings. The number of piperidine rings is 1. The first-order valence-corrected chi connectivity index (χ1v) is 6.87. The van der Waals surface area contributed by atoms with Crippen LogP contribution in [0.15, 0.2) is 18.2 Å². The van der Waals surface area contributed by atoms with Crippen LogP contribution in [0.1, 0.15) is 36.9 Å². The first-order valence-electron chi connectivity index (χ1n) is 6.87. The van der Waals surface area contributed by atoms with Crippen LogP contribution in [-0.2, 0) is 0 Å². The molecule has 0 radical (unpaired) electrons. The molecule has 0 bridgehead atoms. The zero-order chi connectivity index (χ0) is 13.1. The van der Waals surface area contributed by atoms with E-state index in [9.17, 15) is 4.39 Å². The molecule has 1 saturated heterocycles. The summed E-state index contributed by atoms with van der Waals surface area (Å²) in [4.78, 5) is 2.43. The molecule has 18 heavy (non-hydrogen) atoms. The van der Waals surface area contributed by atoms with Crippen LogP contribution in [0.25, 0.3) is 0 Å². The molecule has 3 heteroatoms. The van der Waals surface area contributed by atoms with E-state index in [-0.39, 0.29) is 11.9 Å². The van der Waals surface area contributed by atoms with Gasteiger partial charge in [0.1, 0.15) is 5.82 Å². The lowest BCUT2D eigenvalue weighted by atomic mass is 9.83. The van der Waals surface area contributed by atoms with E-state index in [4.69, 9.17) is 5.73 Å². The van der Waals surface area contributed by atoms with Crippen molar-refractivity contribution in [1.29, 1.82) is 0 Å². The van der Waals surface area contributed by atoms with Gasteiger partial charge in [-0.3, -0.25) is 4.90 Å². The second kappa shape index (κ2) is 5.81. The van der Waals surface area contributed by atoms with Gasteiger partial charge in [-0.25, -0.2) is 4.39 Å². The molecule has 2 unspecified atom stereocenters. The lowest BCUT2D eigenvalue weighted by molar-refractivity contribution is 0.101. The van der Waals surface area contributed by atoms with E-state index in [1.165, 1.54) is 18.1 Å². The van der Waals surface area contributed by atoms with Crippen molar-refractivity contribution >= 4 is 0 Å². The number of nitrogens with two attached hydrogens (primary N) is 1. The van der Waals surface area contributed by atoms with Crippen molar-refractivity contribution in [2.45, 2.75) is 32.7 Å². The molecular formula is C15H23FN2. The average Bonchev–Trinajstić information content (AvgIpc) is 2.40. The van der Waals surface area contributed by atoms with Gasteiger partial charge in [0.2, 0.25) is 0 Å². The lowest BCUT2D eigenvalue weighted by Crippen LogP contribution is -2.41. The van der Waals surface area contributed by atoms with Crippen LogP contribution >= 0.6 is 0 Å². The predicted molar refractivity (Wildman–Crippen MR) is 72.9 cm³/mol. The van der Waals surface area contributed by atoms with Gasteiger partial charge in [0, 0.05) is 6.04 Å². The van der Waals surface area contributed by atoms with Crippen LogP contribution in [0.2, 0.25) is 0 Å². The number of hydrogen-bond acceptors (Lipinski definition) is 2. The van der Waals surface area contributed by atoms with Gasteiger partial charge in [0.15, 0.2) is 0 Å². The van der Waals surface area contributed by atoms with Crippen molar-refractivity contribution in [1.82, 2.24) is 4.90 Å². The van der Waals surface area contributed by atoms with Crippen molar-refractivity contribution in [3.8, 4) is 0 Å². The van der Waals surface area contributed by atoms with Gasteiger partial charge in [0.25, 0.3) is 0 Å². The fraction of sp³-hybridized carbons (Fsp3) is 0.600. The van der Waals surface area contributed by atoms with Crippen LogP contribution in [0, 0.1) is 18.7 Å². The summed E-state index contributed by atoms with van der Waals surface area (Å²) in [6.07, 6.45) is 2.34. The van der Waals surface area contributed by atoms with Crippen LogP contribution in [0.3, 0.4) is 0 Å². The number of hydrogen-bond donors (Lipinski definition) is 1. The minimum Gasteiger partial charge on any atom is -0.330 e. The molecule has 2 rings (SSSR count). The van der Waals surface area contributed by atoms with Crippen molar-refractivity contribution in [2.24, 2.45) is 11.7 Å². The van der Waals surface area contributed by atoms with Gasteiger partial charge in [-0.15, -0.1) is 0 Å². The molecule has 1 aromatic carbocycles. The molecule has 1 fully saturated rings. The van der Waals surface area contributed by atoms with E-state index >= 15 is 0 Å².